The number of hydrazine groups is 1. The fraction of sp³-hybridized carbons (Fsp3) is 0.562. The van der Waals surface area contributed by atoms with Crippen LogP contribution in [0.5, 0.6) is 0 Å². The van der Waals surface area contributed by atoms with Crippen molar-refractivity contribution in [1.29, 1.82) is 0 Å². The summed E-state index contributed by atoms with van der Waals surface area (Å²) in [4.78, 5) is 12.3. The van der Waals surface area contributed by atoms with E-state index in [1.54, 1.807) is 0 Å². The molecular formula is C16H25N3O2. The number of rotatable bonds is 6. The first-order valence-corrected chi connectivity index (χ1v) is 7.63. The van der Waals surface area contributed by atoms with E-state index in [9.17, 15) is 9.90 Å². The molecule has 1 aromatic rings. The third-order valence-corrected chi connectivity index (χ3v) is 4.28. The Hall–Kier alpha value is -1.43. The van der Waals surface area contributed by atoms with Crippen molar-refractivity contribution in [3.05, 3.63) is 35.9 Å². The Kier molecular flexibility index (Phi) is 5.73. The molecule has 0 spiro atoms. The summed E-state index contributed by atoms with van der Waals surface area (Å²) in [5.74, 6) is 0.207. The van der Waals surface area contributed by atoms with Crippen LogP contribution in [-0.2, 0) is 4.79 Å². The third-order valence-electron chi connectivity index (χ3n) is 4.28. The summed E-state index contributed by atoms with van der Waals surface area (Å²) in [6.45, 7) is 4.07. The first kappa shape index (κ1) is 15.9. The first-order chi connectivity index (χ1) is 10.2. The van der Waals surface area contributed by atoms with Crippen LogP contribution in [0.15, 0.2) is 30.3 Å². The van der Waals surface area contributed by atoms with E-state index in [4.69, 9.17) is 0 Å². The smallest absolute Gasteiger partial charge is 0.238 e. The van der Waals surface area contributed by atoms with Crippen molar-refractivity contribution >= 4 is 5.91 Å². The van der Waals surface area contributed by atoms with Gasteiger partial charge >= 0.3 is 0 Å². The first-order valence-electron chi connectivity index (χ1n) is 7.63. The quantitative estimate of drug-likeness (QED) is 0.634. The molecule has 0 saturated carbocycles. The van der Waals surface area contributed by atoms with E-state index in [1.807, 2.05) is 25.1 Å². The van der Waals surface area contributed by atoms with Gasteiger partial charge in [0.15, 0.2) is 0 Å². The minimum atomic E-state index is -0.270. The van der Waals surface area contributed by atoms with Gasteiger partial charge in [-0.2, -0.15) is 0 Å². The highest BCUT2D eigenvalue weighted by atomic mass is 16.3. The molecule has 1 saturated heterocycles. The summed E-state index contributed by atoms with van der Waals surface area (Å²) in [7, 11) is 0. The fourth-order valence-electron chi connectivity index (χ4n) is 2.57. The summed E-state index contributed by atoms with van der Waals surface area (Å²) in [5, 5.41) is 12.3. The number of benzene rings is 1. The molecule has 2 rings (SSSR count). The lowest BCUT2D eigenvalue weighted by molar-refractivity contribution is -0.124. The Balaban J connectivity index is 1.90. The number of nitrogens with one attached hydrogen (secondary N) is 3. The predicted molar refractivity (Wildman–Crippen MR) is 82.3 cm³/mol. The number of carbonyl (C=O) groups is 1. The van der Waals surface area contributed by atoms with Crippen molar-refractivity contribution in [1.82, 2.24) is 16.2 Å². The maximum absolute atomic E-state index is 12.3. The molecule has 5 heteroatoms. The Morgan fingerprint density at radius 3 is 2.71 bits per heavy atom. The molecule has 1 aromatic carbocycles. The minimum absolute atomic E-state index is 0.0248. The number of amides is 1. The van der Waals surface area contributed by atoms with Gasteiger partial charge in [-0.25, -0.2) is 10.9 Å². The van der Waals surface area contributed by atoms with Crippen molar-refractivity contribution in [2.75, 3.05) is 6.61 Å². The second-order valence-corrected chi connectivity index (χ2v) is 5.72. The predicted octanol–water partition coefficient (Wildman–Crippen LogP) is 1.12. The number of hydrogen-bond acceptors (Lipinski definition) is 4. The zero-order chi connectivity index (χ0) is 15.2. The molecule has 4 atom stereocenters. The number of hydrogen-bond donors (Lipinski definition) is 4. The molecule has 116 valence electrons. The van der Waals surface area contributed by atoms with Crippen LogP contribution in [0, 0.1) is 5.92 Å². The van der Waals surface area contributed by atoms with Gasteiger partial charge in [0.1, 0.15) is 6.04 Å². The number of carbonyl (C=O) groups excluding carboxylic acids is 1. The van der Waals surface area contributed by atoms with E-state index in [2.05, 4.69) is 35.2 Å². The summed E-state index contributed by atoms with van der Waals surface area (Å²) in [5.41, 5.74) is 7.38. The zero-order valence-electron chi connectivity index (χ0n) is 12.7. The maximum Gasteiger partial charge on any atom is 0.238 e. The van der Waals surface area contributed by atoms with Crippen LogP contribution >= 0.6 is 0 Å². The van der Waals surface area contributed by atoms with Gasteiger partial charge in [0, 0.05) is 6.04 Å². The monoisotopic (exact) mass is 291 g/mol. The Bertz CT molecular complexity index is 452. The lowest BCUT2D eigenvalue weighted by atomic mass is 9.98. The molecule has 0 aromatic heterocycles. The van der Waals surface area contributed by atoms with Gasteiger partial charge in [0.2, 0.25) is 5.91 Å². The standard InChI is InChI=1S/C16H25N3O2/c1-3-11(2)15(10-20)17-16(21)14-9-13(18-19-14)12-7-5-4-6-8-12/h4-8,11,13-15,18-20H,3,9-10H2,1-2H3,(H,17,21)/t11-,13?,14?,15-/m0/s1. The third kappa shape index (κ3) is 4.03. The summed E-state index contributed by atoms with van der Waals surface area (Å²) in [6.07, 6.45) is 1.63. The molecule has 0 radical (unpaired) electrons. The molecule has 4 N–H and O–H groups in total. The molecule has 1 heterocycles. The van der Waals surface area contributed by atoms with E-state index >= 15 is 0 Å². The highest BCUT2D eigenvalue weighted by Gasteiger charge is 2.31. The van der Waals surface area contributed by atoms with E-state index in [0.717, 1.165) is 6.42 Å². The van der Waals surface area contributed by atoms with Crippen molar-refractivity contribution in [3.8, 4) is 0 Å². The SMILES string of the molecule is CC[C@H](C)[C@H](CO)NC(=O)C1CC(c2ccccc2)NN1. The summed E-state index contributed by atoms with van der Waals surface area (Å²) < 4.78 is 0. The maximum atomic E-state index is 12.3. The van der Waals surface area contributed by atoms with Crippen LogP contribution in [0.2, 0.25) is 0 Å². The van der Waals surface area contributed by atoms with Gasteiger partial charge in [-0.1, -0.05) is 50.6 Å². The van der Waals surface area contributed by atoms with E-state index in [-0.39, 0.29) is 36.6 Å². The highest BCUT2D eigenvalue weighted by Crippen LogP contribution is 2.22. The topological polar surface area (TPSA) is 73.4 Å². The highest BCUT2D eigenvalue weighted by molar-refractivity contribution is 5.82. The van der Waals surface area contributed by atoms with Crippen LogP contribution in [0.4, 0.5) is 0 Å². The molecule has 0 bridgehead atoms. The van der Waals surface area contributed by atoms with Gasteiger partial charge in [0.05, 0.1) is 12.6 Å². The van der Waals surface area contributed by atoms with E-state index in [1.165, 1.54) is 5.56 Å². The summed E-state index contributed by atoms with van der Waals surface area (Å²) >= 11 is 0. The Morgan fingerprint density at radius 1 is 1.38 bits per heavy atom. The molecule has 2 unspecified atom stereocenters. The van der Waals surface area contributed by atoms with Crippen molar-refractivity contribution < 1.29 is 9.90 Å². The van der Waals surface area contributed by atoms with Crippen LogP contribution in [-0.4, -0.2) is 29.7 Å². The second-order valence-electron chi connectivity index (χ2n) is 5.72. The van der Waals surface area contributed by atoms with E-state index < -0.39 is 0 Å². The lowest BCUT2D eigenvalue weighted by Crippen LogP contribution is -2.50. The average Bonchev–Trinajstić information content (AvgIpc) is 3.02. The van der Waals surface area contributed by atoms with Crippen LogP contribution in [0.1, 0.15) is 38.3 Å². The molecule has 1 amide bonds. The molecule has 5 nitrogen and oxygen atoms in total. The summed E-state index contributed by atoms with van der Waals surface area (Å²) in [6, 6.07) is 9.76. The van der Waals surface area contributed by atoms with Gasteiger partial charge in [-0.3, -0.25) is 4.79 Å². The van der Waals surface area contributed by atoms with Crippen LogP contribution < -0.4 is 16.2 Å². The number of aliphatic hydroxyl groups is 1. The number of aliphatic hydroxyl groups excluding tert-OH is 1. The Labute approximate surface area is 126 Å². The van der Waals surface area contributed by atoms with Crippen LogP contribution in [0.3, 0.4) is 0 Å². The van der Waals surface area contributed by atoms with Gasteiger partial charge < -0.3 is 10.4 Å². The van der Waals surface area contributed by atoms with Crippen molar-refractivity contribution in [2.45, 2.75) is 44.8 Å². The molecule has 1 aliphatic rings. The second kappa shape index (κ2) is 7.54. The largest absolute Gasteiger partial charge is 0.394 e. The van der Waals surface area contributed by atoms with Gasteiger partial charge in [-0.05, 0) is 17.9 Å². The van der Waals surface area contributed by atoms with Crippen LogP contribution in [0.25, 0.3) is 0 Å². The molecule has 21 heavy (non-hydrogen) atoms. The van der Waals surface area contributed by atoms with Crippen molar-refractivity contribution in [2.24, 2.45) is 5.92 Å². The fourth-order valence-corrected chi connectivity index (χ4v) is 2.57. The molecular weight excluding hydrogens is 266 g/mol. The normalized spacial score (nSPS) is 24.5. The lowest BCUT2D eigenvalue weighted by Gasteiger charge is -2.23. The van der Waals surface area contributed by atoms with Gasteiger partial charge in [-0.15, -0.1) is 0 Å². The van der Waals surface area contributed by atoms with E-state index in [0.29, 0.717) is 6.42 Å². The molecule has 1 aliphatic heterocycles. The zero-order valence-corrected chi connectivity index (χ0v) is 12.7. The van der Waals surface area contributed by atoms with Crippen molar-refractivity contribution in [3.63, 3.8) is 0 Å². The molecule has 0 aliphatic carbocycles. The average molecular weight is 291 g/mol. The van der Waals surface area contributed by atoms with Gasteiger partial charge in [0.25, 0.3) is 0 Å². The molecule has 1 fully saturated rings. The minimum Gasteiger partial charge on any atom is -0.394 e. The Morgan fingerprint density at radius 2 is 2.10 bits per heavy atom.